The van der Waals surface area contributed by atoms with E-state index >= 15 is 0 Å². The van der Waals surface area contributed by atoms with Gasteiger partial charge in [-0.1, -0.05) is 11.8 Å². The summed E-state index contributed by atoms with van der Waals surface area (Å²) >= 11 is 1.07. The van der Waals surface area contributed by atoms with E-state index in [-0.39, 0.29) is 11.3 Å². The van der Waals surface area contributed by atoms with E-state index in [0.29, 0.717) is 5.56 Å². The van der Waals surface area contributed by atoms with Gasteiger partial charge in [-0.2, -0.15) is 0 Å². The van der Waals surface area contributed by atoms with Crippen molar-refractivity contribution in [3.05, 3.63) is 21.9 Å². The molecule has 5 heteroatoms. The lowest BCUT2D eigenvalue weighted by molar-refractivity contribution is -0.135. The van der Waals surface area contributed by atoms with Crippen LogP contribution in [0, 0.1) is 11.8 Å². The average molecular weight is 210 g/mol. The topological polar surface area (TPSA) is 74.6 Å². The lowest BCUT2D eigenvalue weighted by Crippen LogP contribution is -1.90. The van der Waals surface area contributed by atoms with E-state index in [4.69, 9.17) is 10.2 Å². The molecular formula is C9H6O4S. The van der Waals surface area contributed by atoms with E-state index in [9.17, 15) is 9.59 Å². The Kier molecular flexibility index (Phi) is 3.26. The van der Waals surface area contributed by atoms with Crippen LogP contribution in [0.3, 0.4) is 0 Å². The quantitative estimate of drug-likeness (QED) is 0.721. The molecule has 72 valence electrons. The zero-order valence-corrected chi connectivity index (χ0v) is 7.80. The van der Waals surface area contributed by atoms with Gasteiger partial charge in [-0.05, 0) is 6.07 Å². The summed E-state index contributed by atoms with van der Waals surface area (Å²) in [6.07, 6.45) is -0.238. The number of carbonyl (C=O) groups is 2. The first-order chi connectivity index (χ1) is 6.59. The predicted octanol–water partition coefficient (Wildman–Crippen LogP) is 1.27. The highest BCUT2D eigenvalue weighted by Crippen LogP contribution is 2.13. The van der Waals surface area contributed by atoms with Crippen molar-refractivity contribution in [1.82, 2.24) is 0 Å². The van der Waals surface area contributed by atoms with Crippen LogP contribution in [0.15, 0.2) is 11.4 Å². The van der Waals surface area contributed by atoms with Crippen molar-refractivity contribution in [2.24, 2.45) is 0 Å². The Balaban J connectivity index is 2.71. The zero-order valence-electron chi connectivity index (χ0n) is 6.98. The molecule has 0 aliphatic rings. The first-order valence-electron chi connectivity index (χ1n) is 3.62. The van der Waals surface area contributed by atoms with Gasteiger partial charge in [-0.3, -0.25) is 4.79 Å². The molecule has 0 saturated heterocycles. The molecule has 0 amide bonds. The van der Waals surface area contributed by atoms with Gasteiger partial charge in [0.25, 0.3) is 0 Å². The van der Waals surface area contributed by atoms with E-state index in [2.05, 4.69) is 11.8 Å². The Morgan fingerprint density at radius 1 is 1.43 bits per heavy atom. The van der Waals surface area contributed by atoms with Gasteiger partial charge >= 0.3 is 11.9 Å². The zero-order chi connectivity index (χ0) is 10.6. The molecule has 0 spiro atoms. The molecular weight excluding hydrogens is 204 g/mol. The predicted molar refractivity (Wildman–Crippen MR) is 50.4 cm³/mol. The molecule has 2 N–H and O–H groups in total. The molecule has 0 aliphatic carbocycles. The van der Waals surface area contributed by atoms with E-state index in [0.717, 1.165) is 11.3 Å². The van der Waals surface area contributed by atoms with Crippen molar-refractivity contribution in [3.8, 4) is 11.8 Å². The SMILES string of the molecule is O=C(O)CC#Cc1csc(C(=O)O)c1. The number of aromatic carboxylic acids is 1. The Hall–Kier alpha value is -1.80. The molecule has 0 aromatic carbocycles. The summed E-state index contributed by atoms with van der Waals surface area (Å²) in [4.78, 5) is 20.8. The molecule has 4 nitrogen and oxygen atoms in total. The maximum absolute atomic E-state index is 10.5. The second-order valence-corrected chi connectivity index (χ2v) is 3.29. The number of carboxylic acid groups (broad SMARTS) is 2. The second kappa shape index (κ2) is 4.44. The van der Waals surface area contributed by atoms with Crippen LogP contribution in [0.5, 0.6) is 0 Å². The molecule has 0 bridgehead atoms. The minimum absolute atomic E-state index is 0.199. The van der Waals surface area contributed by atoms with Crippen LogP contribution >= 0.6 is 11.3 Å². The minimum atomic E-state index is -0.999. The summed E-state index contributed by atoms with van der Waals surface area (Å²) in [7, 11) is 0. The highest BCUT2D eigenvalue weighted by molar-refractivity contribution is 7.12. The van der Waals surface area contributed by atoms with Gasteiger partial charge in [-0.15, -0.1) is 11.3 Å². The molecule has 1 heterocycles. The minimum Gasteiger partial charge on any atom is -0.481 e. The Labute approximate surface area is 83.8 Å². The summed E-state index contributed by atoms with van der Waals surface area (Å²) < 4.78 is 0. The van der Waals surface area contributed by atoms with Crippen LogP contribution in [0.4, 0.5) is 0 Å². The first-order valence-corrected chi connectivity index (χ1v) is 4.50. The van der Waals surface area contributed by atoms with Gasteiger partial charge in [0, 0.05) is 10.9 Å². The monoisotopic (exact) mass is 210 g/mol. The van der Waals surface area contributed by atoms with E-state index < -0.39 is 11.9 Å². The maximum Gasteiger partial charge on any atom is 0.345 e. The van der Waals surface area contributed by atoms with Crippen LogP contribution < -0.4 is 0 Å². The fourth-order valence-electron chi connectivity index (χ4n) is 0.736. The largest absolute Gasteiger partial charge is 0.481 e. The van der Waals surface area contributed by atoms with Crippen molar-refractivity contribution in [2.45, 2.75) is 6.42 Å². The van der Waals surface area contributed by atoms with E-state index in [1.165, 1.54) is 6.07 Å². The molecule has 1 rings (SSSR count). The lowest BCUT2D eigenvalue weighted by atomic mass is 10.3. The molecule has 1 aromatic rings. The fourth-order valence-corrected chi connectivity index (χ4v) is 1.41. The lowest BCUT2D eigenvalue weighted by Gasteiger charge is -1.80. The van der Waals surface area contributed by atoms with Crippen molar-refractivity contribution >= 4 is 23.3 Å². The summed E-state index contributed by atoms with van der Waals surface area (Å²) in [5.41, 5.74) is 0.536. The highest BCUT2D eigenvalue weighted by Gasteiger charge is 2.04. The third-order valence-corrected chi connectivity index (χ3v) is 2.20. The van der Waals surface area contributed by atoms with Gasteiger partial charge in [0.2, 0.25) is 0 Å². The smallest absolute Gasteiger partial charge is 0.345 e. The summed E-state index contributed by atoms with van der Waals surface area (Å²) in [6, 6.07) is 1.42. The molecule has 0 aliphatic heterocycles. The average Bonchev–Trinajstić information content (AvgIpc) is 2.52. The van der Waals surface area contributed by atoms with Crippen LogP contribution in [0.2, 0.25) is 0 Å². The molecule has 0 saturated carbocycles. The van der Waals surface area contributed by atoms with Gasteiger partial charge in [0.1, 0.15) is 11.3 Å². The van der Waals surface area contributed by atoms with Crippen molar-refractivity contribution < 1.29 is 19.8 Å². The van der Waals surface area contributed by atoms with Crippen LogP contribution in [0.1, 0.15) is 21.7 Å². The number of hydrogen-bond acceptors (Lipinski definition) is 3. The molecule has 0 atom stereocenters. The molecule has 0 radical (unpaired) electrons. The Bertz CT molecular complexity index is 422. The third-order valence-electron chi connectivity index (χ3n) is 1.28. The molecule has 0 fully saturated rings. The maximum atomic E-state index is 10.5. The van der Waals surface area contributed by atoms with Crippen molar-refractivity contribution in [3.63, 3.8) is 0 Å². The number of thiophene rings is 1. The van der Waals surface area contributed by atoms with Crippen molar-refractivity contribution in [1.29, 1.82) is 0 Å². The van der Waals surface area contributed by atoms with Crippen LogP contribution in [0.25, 0.3) is 0 Å². The number of aliphatic carboxylic acids is 1. The van der Waals surface area contributed by atoms with E-state index in [1.807, 2.05) is 0 Å². The Morgan fingerprint density at radius 3 is 2.64 bits per heavy atom. The van der Waals surface area contributed by atoms with Gasteiger partial charge in [0.15, 0.2) is 0 Å². The summed E-state index contributed by atoms with van der Waals surface area (Å²) in [5.74, 6) is 2.99. The van der Waals surface area contributed by atoms with Gasteiger partial charge in [-0.25, -0.2) is 4.79 Å². The highest BCUT2D eigenvalue weighted by atomic mass is 32.1. The molecule has 0 unspecified atom stereocenters. The summed E-state index contributed by atoms with van der Waals surface area (Å²) in [5, 5.41) is 18.5. The molecule has 1 aromatic heterocycles. The number of carboxylic acids is 2. The van der Waals surface area contributed by atoms with Gasteiger partial charge in [0.05, 0.1) is 0 Å². The van der Waals surface area contributed by atoms with Gasteiger partial charge < -0.3 is 10.2 Å². The fraction of sp³-hybridized carbons (Fsp3) is 0.111. The standard InChI is InChI=1S/C9H6O4S/c10-8(11)3-1-2-6-4-7(9(12)13)14-5-6/h4-5H,3H2,(H,10,11)(H,12,13). The molecule has 14 heavy (non-hydrogen) atoms. The number of rotatable bonds is 2. The van der Waals surface area contributed by atoms with Crippen molar-refractivity contribution in [2.75, 3.05) is 0 Å². The summed E-state index contributed by atoms with van der Waals surface area (Å²) in [6.45, 7) is 0. The normalized spacial score (nSPS) is 8.86. The Morgan fingerprint density at radius 2 is 2.14 bits per heavy atom. The van der Waals surface area contributed by atoms with Crippen LogP contribution in [-0.4, -0.2) is 22.2 Å². The first kappa shape index (κ1) is 10.3. The second-order valence-electron chi connectivity index (χ2n) is 2.38. The van der Waals surface area contributed by atoms with E-state index in [1.54, 1.807) is 5.38 Å². The van der Waals surface area contributed by atoms with Crippen LogP contribution in [-0.2, 0) is 4.79 Å². The number of hydrogen-bond donors (Lipinski definition) is 2. The third kappa shape index (κ3) is 2.92.